The Bertz CT molecular complexity index is 1390. The number of benzene rings is 2. The Labute approximate surface area is 208 Å². The third kappa shape index (κ3) is 3.60. The monoisotopic (exact) mass is 485 g/mol. The minimum atomic E-state index is -0.767. The van der Waals surface area contributed by atoms with Crippen LogP contribution in [0.4, 0.5) is 5.69 Å². The lowest BCUT2D eigenvalue weighted by Gasteiger charge is -2.23. The van der Waals surface area contributed by atoms with E-state index < -0.39 is 29.5 Å². The van der Waals surface area contributed by atoms with Crippen molar-refractivity contribution in [2.45, 2.75) is 25.0 Å². The van der Waals surface area contributed by atoms with E-state index in [4.69, 9.17) is 9.47 Å². The van der Waals surface area contributed by atoms with Gasteiger partial charge in [0.05, 0.1) is 36.7 Å². The molecule has 2 bridgehead atoms. The van der Waals surface area contributed by atoms with E-state index in [2.05, 4.69) is 16.4 Å². The molecular weight excluding hydrogens is 458 g/mol. The number of para-hydroxylation sites is 1. The molecule has 0 radical (unpaired) electrons. The number of anilines is 1. The van der Waals surface area contributed by atoms with Gasteiger partial charge in [-0.1, -0.05) is 36.4 Å². The van der Waals surface area contributed by atoms with Crippen LogP contribution in [0.15, 0.2) is 66.9 Å². The van der Waals surface area contributed by atoms with Crippen LogP contribution in [0, 0.1) is 11.8 Å². The third-order valence-corrected chi connectivity index (χ3v) is 7.45. The molecule has 184 valence electrons. The molecule has 2 saturated heterocycles. The maximum Gasteiger partial charge on any atom is 0.338 e. The van der Waals surface area contributed by atoms with Crippen LogP contribution in [-0.2, 0) is 25.5 Å². The van der Waals surface area contributed by atoms with Gasteiger partial charge >= 0.3 is 5.97 Å². The van der Waals surface area contributed by atoms with Crippen molar-refractivity contribution in [1.82, 2.24) is 9.88 Å². The molecule has 1 spiro atoms. The second kappa shape index (κ2) is 8.64. The number of ether oxygens (including phenoxy) is 2. The fourth-order valence-corrected chi connectivity index (χ4v) is 5.82. The number of nitrogens with zero attached hydrogens (tertiary/aromatic N) is 1. The van der Waals surface area contributed by atoms with Crippen molar-refractivity contribution >= 4 is 34.4 Å². The van der Waals surface area contributed by atoms with Crippen LogP contribution < -0.4 is 5.32 Å². The summed E-state index contributed by atoms with van der Waals surface area (Å²) in [7, 11) is 0. The number of rotatable bonds is 7. The maximum absolute atomic E-state index is 13.5. The summed E-state index contributed by atoms with van der Waals surface area (Å²) < 4.78 is 11.3. The van der Waals surface area contributed by atoms with E-state index in [0.29, 0.717) is 30.8 Å². The number of H-pyrrole nitrogens is 1. The van der Waals surface area contributed by atoms with E-state index in [1.165, 1.54) is 0 Å². The first-order chi connectivity index (χ1) is 17.5. The van der Waals surface area contributed by atoms with Crippen LogP contribution in [-0.4, -0.2) is 59.1 Å². The minimum absolute atomic E-state index is 0.0536. The molecule has 3 aromatic rings. The third-order valence-electron chi connectivity index (χ3n) is 7.45. The lowest BCUT2D eigenvalue weighted by molar-refractivity contribution is -0.135. The summed E-state index contributed by atoms with van der Waals surface area (Å²) in [5, 5.41) is 4.04. The van der Waals surface area contributed by atoms with Gasteiger partial charge in [0.15, 0.2) is 0 Å². The van der Waals surface area contributed by atoms with Gasteiger partial charge in [-0.05, 0) is 43.2 Å². The quantitative estimate of drug-likeness (QED) is 0.395. The lowest BCUT2D eigenvalue weighted by Crippen LogP contribution is -2.41. The van der Waals surface area contributed by atoms with Gasteiger partial charge in [0.2, 0.25) is 11.8 Å². The van der Waals surface area contributed by atoms with Crippen molar-refractivity contribution < 1.29 is 23.9 Å². The highest BCUT2D eigenvalue weighted by atomic mass is 16.5. The molecule has 36 heavy (non-hydrogen) atoms. The standard InChI is InChI=1S/C28H27N3O5/c1-2-35-27(34)17-6-5-7-19(14-17)30-25(32)23-22-10-12-28(36-22)16-31(26(33)24(23)28)13-11-18-15-29-21-9-4-3-8-20(18)21/h3-10,12,14-15,22-24,29H,2,11,13,16H2,1H3,(H,30,32)/t22-,23-,24+,28+/m1/s1. The average Bonchev–Trinajstić information content (AvgIpc) is 3.63. The number of likely N-dealkylation sites (tertiary alicyclic amines) is 1. The van der Waals surface area contributed by atoms with E-state index in [-0.39, 0.29) is 18.4 Å². The number of hydrogen-bond acceptors (Lipinski definition) is 5. The van der Waals surface area contributed by atoms with Crippen LogP contribution in [0.3, 0.4) is 0 Å². The predicted molar refractivity (Wildman–Crippen MR) is 133 cm³/mol. The maximum atomic E-state index is 13.5. The summed E-state index contributed by atoms with van der Waals surface area (Å²) in [4.78, 5) is 44.1. The molecule has 2 aromatic carbocycles. The summed E-state index contributed by atoms with van der Waals surface area (Å²) in [5.41, 5.74) is 2.30. The van der Waals surface area contributed by atoms with Gasteiger partial charge in [-0.25, -0.2) is 4.79 Å². The Hall–Kier alpha value is -3.91. The molecule has 8 heteroatoms. The normalized spacial score (nSPS) is 26.0. The molecule has 2 fully saturated rings. The molecule has 4 heterocycles. The zero-order chi connectivity index (χ0) is 24.9. The second-order valence-electron chi connectivity index (χ2n) is 9.56. The zero-order valence-corrected chi connectivity index (χ0v) is 19.9. The molecule has 6 rings (SSSR count). The number of aromatic amines is 1. The fourth-order valence-electron chi connectivity index (χ4n) is 5.82. The highest BCUT2D eigenvalue weighted by Crippen LogP contribution is 2.52. The summed E-state index contributed by atoms with van der Waals surface area (Å²) in [6.45, 7) is 3.00. The topological polar surface area (TPSA) is 101 Å². The average molecular weight is 486 g/mol. The first-order valence-electron chi connectivity index (χ1n) is 12.3. The molecule has 1 aromatic heterocycles. The Kier molecular flexibility index (Phi) is 5.41. The highest BCUT2D eigenvalue weighted by molar-refractivity contribution is 6.00. The van der Waals surface area contributed by atoms with Crippen LogP contribution in [0.5, 0.6) is 0 Å². The van der Waals surface area contributed by atoms with Gasteiger partial charge in [-0.3, -0.25) is 9.59 Å². The van der Waals surface area contributed by atoms with E-state index in [1.54, 1.807) is 31.2 Å². The van der Waals surface area contributed by atoms with Gasteiger partial charge in [0.25, 0.3) is 0 Å². The Balaban J connectivity index is 1.17. The Morgan fingerprint density at radius 1 is 1.22 bits per heavy atom. The number of hydrogen-bond donors (Lipinski definition) is 2. The number of esters is 1. The zero-order valence-electron chi connectivity index (χ0n) is 19.9. The smallest absolute Gasteiger partial charge is 0.338 e. The number of fused-ring (bicyclic) bond motifs is 2. The van der Waals surface area contributed by atoms with Crippen LogP contribution in [0.1, 0.15) is 22.8 Å². The first-order valence-corrected chi connectivity index (χ1v) is 12.3. The van der Waals surface area contributed by atoms with Gasteiger partial charge in [0, 0.05) is 29.3 Å². The van der Waals surface area contributed by atoms with Crippen molar-refractivity contribution in [3.8, 4) is 0 Å². The van der Waals surface area contributed by atoms with E-state index in [1.807, 2.05) is 41.4 Å². The number of amides is 2. The Morgan fingerprint density at radius 2 is 2.08 bits per heavy atom. The van der Waals surface area contributed by atoms with Crippen molar-refractivity contribution in [3.63, 3.8) is 0 Å². The van der Waals surface area contributed by atoms with Crippen LogP contribution >= 0.6 is 0 Å². The van der Waals surface area contributed by atoms with Crippen molar-refractivity contribution in [2.24, 2.45) is 11.8 Å². The van der Waals surface area contributed by atoms with E-state index in [0.717, 1.165) is 16.5 Å². The minimum Gasteiger partial charge on any atom is -0.462 e. The highest BCUT2D eigenvalue weighted by Gasteiger charge is 2.66. The van der Waals surface area contributed by atoms with E-state index in [9.17, 15) is 14.4 Å². The molecule has 4 atom stereocenters. The molecule has 0 aliphatic carbocycles. The molecule has 0 unspecified atom stereocenters. The number of aromatic nitrogens is 1. The Morgan fingerprint density at radius 3 is 2.94 bits per heavy atom. The molecule has 3 aliphatic rings. The second-order valence-corrected chi connectivity index (χ2v) is 9.56. The molecule has 2 N–H and O–H groups in total. The number of carbonyl (C=O) groups is 3. The first kappa shape index (κ1) is 22.5. The summed E-state index contributed by atoms with van der Waals surface area (Å²) >= 11 is 0. The largest absolute Gasteiger partial charge is 0.462 e. The molecule has 2 amide bonds. The van der Waals surface area contributed by atoms with Crippen molar-refractivity contribution in [3.05, 3.63) is 78.0 Å². The molecule has 3 aliphatic heterocycles. The summed E-state index contributed by atoms with van der Waals surface area (Å²) in [5.74, 6) is -1.99. The van der Waals surface area contributed by atoms with Gasteiger partial charge in [-0.15, -0.1) is 0 Å². The summed E-state index contributed by atoms with van der Waals surface area (Å²) in [6.07, 6.45) is 6.11. The molecule has 0 saturated carbocycles. The van der Waals surface area contributed by atoms with Gasteiger partial charge in [0.1, 0.15) is 5.60 Å². The fraction of sp³-hybridized carbons (Fsp3) is 0.321. The molecular formula is C28H27N3O5. The summed E-state index contributed by atoms with van der Waals surface area (Å²) in [6, 6.07) is 14.7. The van der Waals surface area contributed by atoms with Gasteiger partial charge in [-0.2, -0.15) is 0 Å². The van der Waals surface area contributed by atoms with E-state index >= 15 is 0 Å². The number of carbonyl (C=O) groups excluding carboxylic acids is 3. The van der Waals surface area contributed by atoms with Crippen LogP contribution in [0.2, 0.25) is 0 Å². The molecule has 8 nitrogen and oxygen atoms in total. The van der Waals surface area contributed by atoms with Crippen LogP contribution in [0.25, 0.3) is 10.9 Å². The SMILES string of the molecule is CCOC(=O)c1cccc(NC(=O)[C@H]2[C@H]3C(=O)N(CCc4c[nH]c5ccccc45)C[C@@]34C=C[C@H]2O4)c1. The lowest BCUT2D eigenvalue weighted by atomic mass is 9.76. The van der Waals surface area contributed by atoms with Gasteiger partial charge < -0.3 is 24.7 Å². The predicted octanol–water partition coefficient (Wildman–Crippen LogP) is 3.31. The number of nitrogens with one attached hydrogen (secondary N) is 2. The van der Waals surface area contributed by atoms with Crippen molar-refractivity contribution in [1.29, 1.82) is 0 Å². The van der Waals surface area contributed by atoms with Crippen molar-refractivity contribution in [2.75, 3.05) is 25.0 Å².